The van der Waals surface area contributed by atoms with E-state index >= 15 is 0 Å². The number of fused-ring (bicyclic) bond motifs is 1. The molecule has 122 valence electrons. The molecular formula is C17H13N2NaO4S. The van der Waals surface area contributed by atoms with Crippen molar-refractivity contribution in [2.24, 2.45) is 10.2 Å². The van der Waals surface area contributed by atoms with Gasteiger partial charge in [-0.05, 0) is 54.1 Å². The number of aryl methyl sites for hydroxylation is 1. The van der Waals surface area contributed by atoms with E-state index in [4.69, 9.17) is 4.55 Å². The Kier molecular flexibility index (Phi) is 5.97. The van der Waals surface area contributed by atoms with Gasteiger partial charge in [0.15, 0.2) is 0 Å². The summed E-state index contributed by atoms with van der Waals surface area (Å²) in [4.78, 5) is -0.155. The summed E-state index contributed by atoms with van der Waals surface area (Å²) in [5.41, 5.74) is 1.77. The monoisotopic (exact) mass is 364 g/mol. The summed E-state index contributed by atoms with van der Waals surface area (Å²) in [6.45, 7) is 1.71. The third-order valence-electron chi connectivity index (χ3n) is 3.53. The second-order valence-electron chi connectivity index (χ2n) is 5.32. The molecule has 0 aromatic heterocycles. The predicted molar refractivity (Wildman–Crippen MR) is 88.6 cm³/mol. The van der Waals surface area contributed by atoms with Crippen LogP contribution < -0.4 is 34.7 Å². The average molecular weight is 364 g/mol. The van der Waals surface area contributed by atoms with E-state index in [0.717, 1.165) is 5.39 Å². The number of nitrogens with zero attached hydrogens (tertiary/aromatic N) is 2. The van der Waals surface area contributed by atoms with Gasteiger partial charge in [-0.2, -0.15) is 18.6 Å². The van der Waals surface area contributed by atoms with E-state index in [1.54, 1.807) is 43.3 Å². The number of hydrogen-bond acceptors (Lipinski definition) is 5. The summed E-state index contributed by atoms with van der Waals surface area (Å²) in [7, 11) is -4.23. The molecule has 0 unspecified atom stereocenters. The van der Waals surface area contributed by atoms with Crippen LogP contribution in [0.4, 0.5) is 11.4 Å². The first-order chi connectivity index (χ1) is 11.3. The fraction of sp³-hybridized carbons (Fsp3) is 0.0588. The Bertz CT molecular complexity index is 1070. The molecule has 0 saturated carbocycles. The molecule has 0 saturated heterocycles. The largest absolute Gasteiger partial charge is 1.00 e. The number of rotatable bonds is 3. The SMILES string of the molecule is Cc1cc(N=Nc2ccc3cc(S(=O)(=O)O)ccc3c2)ccc1[O-].[Na+]. The summed E-state index contributed by atoms with van der Waals surface area (Å²) in [5, 5.41) is 21.0. The molecule has 0 aliphatic carbocycles. The number of hydrogen-bond donors (Lipinski definition) is 1. The van der Waals surface area contributed by atoms with Gasteiger partial charge in [-0.25, -0.2) is 0 Å². The van der Waals surface area contributed by atoms with Crippen molar-refractivity contribution in [1.29, 1.82) is 0 Å². The van der Waals surface area contributed by atoms with Gasteiger partial charge in [0, 0.05) is 0 Å². The number of azo groups is 1. The number of benzene rings is 3. The maximum absolute atomic E-state index is 11.4. The van der Waals surface area contributed by atoms with Crippen molar-refractivity contribution in [2.45, 2.75) is 11.8 Å². The first-order valence-corrected chi connectivity index (χ1v) is 8.48. The molecular weight excluding hydrogens is 351 g/mol. The maximum Gasteiger partial charge on any atom is 1.00 e. The van der Waals surface area contributed by atoms with Crippen molar-refractivity contribution in [2.75, 3.05) is 0 Å². The van der Waals surface area contributed by atoms with Crippen LogP contribution in [0.5, 0.6) is 5.75 Å². The summed E-state index contributed by atoms with van der Waals surface area (Å²) >= 11 is 0. The molecule has 3 aromatic carbocycles. The maximum atomic E-state index is 11.4. The average Bonchev–Trinajstić information content (AvgIpc) is 2.54. The second kappa shape index (κ2) is 7.63. The summed E-state index contributed by atoms with van der Waals surface area (Å²) in [6.07, 6.45) is 0. The minimum atomic E-state index is -4.23. The van der Waals surface area contributed by atoms with Gasteiger partial charge in [-0.15, -0.1) is 5.75 Å². The Morgan fingerprint density at radius 3 is 2.08 bits per heavy atom. The zero-order valence-corrected chi connectivity index (χ0v) is 16.5. The second-order valence-corrected chi connectivity index (χ2v) is 6.74. The van der Waals surface area contributed by atoms with Crippen LogP contribution >= 0.6 is 0 Å². The molecule has 0 aliphatic heterocycles. The van der Waals surface area contributed by atoms with Crippen LogP contribution in [0.25, 0.3) is 10.8 Å². The van der Waals surface area contributed by atoms with Gasteiger partial charge in [-0.3, -0.25) is 4.55 Å². The third-order valence-corrected chi connectivity index (χ3v) is 4.38. The van der Waals surface area contributed by atoms with Gasteiger partial charge < -0.3 is 5.11 Å². The Labute approximate surface area is 167 Å². The Hall–Kier alpha value is -1.77. The van der Waals surface area contributed by atoms with E-state index in [2.05, 4.69) is 10.2 Å². The Balaban J connectivity index is 0.00000225. The molecule has 25 heavy (non-hydrogen) atoms. The van der Waals surface area contributed by atoms with Gasteiger partial charge in [-0.1, -0.05) is 23.8 Å². The first-order valence-electron chi connectivity index (χ1n) is 7.04. The van der Waals surface area contributed by atoms with E-state index in [0.29, 0.717) is 22.3 Å². The van der Waals surface area contributed by atoms with Crippen molar-refractivity contribution < 1.29 is 47.6 Å². The van der Waals surface area contributed by atoms with Crippen LogP contribution in [-0.4, -0.2) is 13.0 Å². The molecule has 0 atom stereocenters. The molecule has 0 radical (unpaired) electrons. The molecule has 0 spiro atoms. The van der Waals surface area contributed by atoms with E-state index in [1.807, 2.05) is 0 Å². The molecule has 0 fully saturated rings. The zero-order valence-electron chi connectivity index (χ0n) is 13.7. The van der Waals surface area contributed by atoms with E-state index < -0.39 is 10.1 Å². The van der Waals surface area contributed by atoms with E-state index in [-0.39, 0.29) is 40.2 Å². The van der Waals surface area contributed by atoms with Gasteiger partial charge in [0.25, 0.3) is 10.1 Å². The van der Waals surface area contributed by atoms with Crippen LogP contribution in [0.2, 0.25) is 0 Å². The van der Waals surface area contributed by atoms with Crippen molar-refractivity contribution in [3.8, 4) is 5.75 Å². The summed E-state index contributed by atoms with van der Waals surface area (Å²) in [5.74, 6) is -0.0469. The normalized spacial score (nSPS) is 11.6. The molecule has 0 heterocycles. The van der Waals surface area contributed by atoms with Gasteiger partial charge in [0.2, 0.25) is 0 Å². The van der Waals surface area contributed by atoms with Crippen LogP contribution in [0.1, 0.15) is 5.56 Å². The standard InChI is InChI=1S/C17H14N2O4S.Na/c1-11-8-14(5-7-17(11)20)18-19-15-4-2-13-10-16(24(21,22)23)6-3-12(13)9-15;/h2-10,20H,1H3,(H,21,22,23);/q;+1/p-1. The Morgan fingerprint density at radius 1 is 0.880 bits per heavy atom. The van der Waals surface area contributed by atoms with Gasteiger partial charge >= 0.3 is 29.6 Å². The molecule has 3 rings (SSSR count). The van der Waals surface area contributed by atoms with Crippen LogP contribution in [0.15, 0.2) is 69.7 Å². The smallest absolute Gasteiger partial charge is 0.872 e. The molecule has 8 heteroatoms. The van der Waals surface area contributed by atoms with Crippen molar-refractivity contribution in [3.05, 3.63) is 60.2 Å². The summed E-state index contributed by atoms with van der Waals surface area (Å²) < 4.78 is 31.4. The van der Waals surface area contributed by atoms with Crippen molar-refractivity contribution >= 4 is 32.3 Å². The first kappa shape index (κ1) is 19.6. The third kappa shape index (κ3) is 4.65. The summed E-state index contributed by atoms with van der Waals surface area (Å²) in [6, 6.07) is 14.1. The van der Waals surface area contributed by atoms with Gasteiger partial charge in [0.05, 0.1) is 16.3 Å². The van der Waals surface area contributed by atoms with Crippen LogP contribution in [-0.2, 0) is 10.1 Å². The molecule has 6 nitrogen and oxygen atoms in total. The molecule has 3 aromatic rings. The fourth-order valence-corrected chi connectivity index (χ4v) is 2.76. The zero-order chi connectivity index (χ0) is 17.3. The quantitative estimate of drug-likeness (QED) is 0.423. The fourth-order valence-electron chi connectivity index (χ4n) is 2.25. The van der Waals surface area contributed by atoms with Crippen molar-refractivity contribution in [1.82, 2.24) is 0 Å². The minimum absolute atomic E-state index is 0. The predicted octanol–water partition coefficient (Wildman–Crippen LogP) is 0.888. The molecule has 0 bridgehead atoms. The minimum Gasteiger partial charge on any atom is -0.872 e. The van der Waals surface area contributed by atoms with E-state index in [1.165, 1.54) is 18.2 Å². The topological polar surface area (TPSA) is 102 Å². The molecule has 1 N–H and O–H groups in total. The van der Waals surface area contributed by atoms with Gasteiger partial charge in [0.1, 0.15) is 0 Å². The van der Waals surface area contributed by atoms with E-state index in [9.17, 15) is 13.5 Å². The Morgan fingerprint density at radius 2 is 1.44 bits per heavy atom. The van der Waals surface area contributed by atoms with Crippen LogP contribution in [0.3, 0.4) is 0 Å². The molecule has 0 amide bonds. The van der Waals surface area contributed by atoms with Crippen molar-refractivity contribution in [3.63, 3.8) is 0 Å². The molecule has 0 aliphatic rings. The van der Waals surface area contributed by atoms with Crippen LogP contribution in [0, 0.1) is 6.92 Å².